The molecule has 0 heterocycles. The van der Waals surface area contributed by atoms with Gasteiger partial charge in [-0.3, -0.25) is 0 Å². The zero-order valence-electron chi connectivity index (χ0n) is 10.5. The summed E-state index contributed by atoms with van der Waals surface area (Å²) in [6, 6.07) is 9.17. The Hall–Kier alpha value is -1.35. The van der Waals surface area contributed by atoms with Crippen LogP contribution in [0.25, 0.3) is 0 Å². The minimum Gasteiger partial charge on any atom is -0.479 e. The minimum absolute atomic E-state index is 0.532. The fraction of sp³-hybridized carbons (Fsp3) is 0.533. The Morgan fingerprint density at radius 1 is 1.22 bits per heavy atom. The van der Waals surface area contributed by atoms with Gasteiger partial charge in [0.15, 0.2) is 6.10 Å². The lowest BCUT2D eigenvalue weighted by molar-refractivity contribution is -0.152. The first-order valence-electron chi connectivity index (χ1n) is 6.66. The van der Waals surface area contributed by atoms with Gasteiger partial charge in [0.25, 0.3) is 0 Å². The lowest BCUT2D eigenvalue weighted by Gasteiger charge is -2.23. The number of ether oxygens (including phenoxy) is 1. The Labute approximate surface area is 108 Å². The molecular formula is C15H20O3. The normalized spacial score (nSPS) is 18.4. The van der Waals surface area contributed by atoms with Crippen LogP contribution in [-0.2, 0) is 9.53 Å². The van der Waals surface area contributed by atoms with Crippen molar-refractivity contribution in [1.29, 1.82) is 0 Å². The molecule has 3 heteroatoms. The van der Waals surface area contributed by atoms with Gasteiger partial charge in [-0.05, 0) is 24.3 Å². The molecular weight excluding hydrogens is 228 g/mol. The molecule has 1 aliphatic carbocycles. The van der Waals surface area contributed by atoms with Crippen molar-refractivity contribution in [3.63, 3.8) is 0 Å². The van der Waals surface area contributed by atoms with Crippen LogP contribution in [0.5, 0.6) is 0 Å². The molecule has 0 aliphatic heterocycles. The van der Waals surface area contributed by atoms with Crippen LogP contribution in [0, 0.1) is 5.92 Å². The number of benzene rings is 1. The van der Waals surface area contributed by atoms with Gasteiger partial charge in [-0.25, -0.2) is 4.79 Å². The van der Waals surface area contributed by atoms with E-state index in [0.29, 0.717) is 12.5 Å². The molecule has 0 amide bonds. The Morgan fingerprint density at radius 3 is 2.50 bits per heavy atom. The van der Waals surface area contributed by atoms with E-state index in [2.05, 4.69) is 0 Å². The van der Waals surface area contributed by atoms with Crippen LogP contribution in [0.3, 0.4) is 0 Å². The van der Waals surface area contributed by atoms with Crippen LogP contribution < -0.4 is 0 Å². The molecule has 1 aliphatic rings. The molecule has 0 saturated heterocycles. The van der Waals surface area contributed by atoms with E-state index in [9.17, 15) is 9.90 Å². The summed E-state index contributed by atoms with van der Waals surface area (Å²) in [5.41, 5.74) is 0.723. The predicted molar refractivity (Wildman–Crippen MR) is 69.3 cm³/mol. The second-order valence-electron chi connectivity index (χ2n) is 4.97. The Balaban J connectivity index is 1.92. The van der Waals surface area contributed by atoms with Crippen LogP contribution >= 0.6 is 0 Å². The lowest BCUT2D eigenvalue weighted by Crippen LogP contribution is -2.20. The minimum atomic E-state index is -0.906. The number of carbonyl (C=O) groups is 1. The van der Waals surface area contributed by atoms with Gasteiger partial charge in [0.05, 0.1) is 6.61 Å². The van der Waals surface area contributed by atoms with Gasteiger partial charge in [0, 0.05) is 0 Å². The van der Waals surface area contributed by atoms with E-state index >= 15 is 0 Å². The summed E-state index contributed by atoms with van der Waals surface area (Å²) < 4.78 is 5.63. The molecule has 3 nitrogen and oxygen atoms in total. The van der Waals surface area contributed by atoms with E-state index < -0.39 is 12.1 Å². The number of aliphatic carboxylic acids is 1. The summed E-state index contributed by atoms with van der Waals surface area (Å²) in [7, 11) is 0. The highest BCUT2D eigenvalue weighted by Gasteiger charge is 2.22. The van der Waals surface area contributed by atoms with Crippen LogP contribution in [0.2, 0.25) is 0 Å². The third kappa shape index (κ3) is 3.57. The molecule has 1 aromatic carbocycles. The maximum atomic E-state index is 11.2. The van der Waals surface area contributed by atoms with E-state index in [0.717, 1.165) is 5.56 Å². The first-order chi connectivity index (χ1) is 8.77. The monoisotopic (exact) mass is 248 g/mol. The highest BCUT2D eigenvalue weighted by atomic mass is 16.5. The fourth-order valence-electron chi connectivity index (χ4n) is 2.52. The third-order valence-electron chi connectivity index (χ3n) is 3.55. The Morgan fingerprint density at radius 2 is 1.89 bits per heavy atom. The summed E-state index contributed by atoms with van der Waals surface area (Å²) in [5, 5.41) is 9.23. The third-order valence-corrected chi connectivity index (χ3v) is 3.55. The summed E-state index contributed by atoms with van der Waals surface area (Å²) in [5.74, 6) is -0.374. The van der Waals surface area contributed by atoms with Crippen LogP contribution in [0.15, 0.2) is 30.3 Å². The summed E-state index contributed by atoms with van der Waals surface area (Å²) >= 11 is 0. The molecule has 0 aromatic heterocycles. The van der Waals surface area contributed by atoms with E-state index in [1.54, 1.807) is 12.1 Å². The molecule has 2 rings (SSSR count). The highest BCUT2D eigenvalue weighted by Crippen LogP contribution is 2.26. The van der Waals surface area contributed by atoms with E-state index in [4.69, 9.17) is 4.74 Å². The topological polar surface area (TPSA) is 46.5 Å². The standard InChI is InChI=1S/C15H20O3/c16-15(17)14(13-9-5-2-6-10-13)18-11-12-7-3-1-4-8-12/h2,5-6,9-10,12,14H,1,3-4,7-8,11H2,(H,16,17). The maximum Gasteiger partial charge on any atom is 0.337 e. The van der Waals surface area contributed by atoms with Crippen molar-refractivity contribution in [2.45, 2.75) is 38.2 Å². The molecule has 18 heavy (non-hydrogen) atoms. The van der Waals surface area contributed by atoms with Crippen molar-refractivity contribution >= 4 is 5.97 Å². The second-order valence-corrected chi connectivity index (χ2v) is 4.97. The average molecular weight is 248 g/mol. The van der Waals surface area contributed by atoms with Crippen molar-refractivity contribution in [1.82, 2.24) is 0 Å². The molecule has 1 N–H and O–H groups in total. The Bertz CT molecular complexity index is 369. The van der Waals surface area contributed by atoms with Gasteiger partial charge < -0.3 is 9.84 Å². The average Bonchev–Trinajstić information content (AvgIpc) is 2.41. The molecule has 98 valence electrons. The number of carboxylic acids is 1. The van der Waals surface area contributed by atoms with E-state index in [-0.39, 0.29) is 0 Å². The van der Waals surface area contributed by atoms with Crippen molar-refractivity contribution in [2.75, 3.05) is 6.61 Å². The molecule has 1 fully saturated rings. The fourth-order valence-corrected chi connectivity index (χ4v) is 2.52. The van der Waals surface area contributed by atoms with Gasteiger partial charge in [-0.15, -0.1) is 0 Å². The first kappa shape index (κ1) is 13.1. The largest absolute Gasteiger partial charge is 0.479 e. The van der Waals surface area contributed by atoms with Gasteiger partial charge >= 0.3 is 5.97 Å². The summed E-state index contributed by atoms with van der Waals surface area (Å²) in [6.07, 6.45) is 5.31. The van der Waals surface area contributed by atoms with Crippen molar-refractivity contribution in [3.8, 4) is 0 Å². The van der Waals surface area contributed by atoms with Crippen molar-refractivity contribution in [2.24, 2.45) is 5.92 Å². The van der Waals surface area contributed by atoms with Gasteiger partial charge in [0.2, 0.25) is 0 Å². The Kier molecular flexibility index (Phi) is 4.76. The predicted octanol–water partition coefficient (Wildman–Crippen LogP) is 3.41. The number of hydrogen-bond donors (Lipinski definition) is 1. The van der Waals surface area contributed by atoms with Crippen molar-refractivity contribution in [3.05, 3.63) is 35.9 Å². The molecule has 0 bridgehead atoms. The van der Waals surface area contributed by atoms with Gasteiger partial charge in [0.1, 0.15) is 0 Å². The molecule has 1 atom stereocenters. The quantitative estimate of drug-likeness (QED) is 0.868. The van der Waals surface area contributed by atoms with Crippen molar-refractivity contribution < 1.29 is 14.6 Å². The van der Waals surface area contributed by atoms with E-state index in [1.807, 2.05) is 18.2 Å². The highest BCUT2D eigenvalue weighted by molar-refractivity contribution is 5.74. The molecule has 1 saturated carbocycles. The second kappa shape index (κ2) is 6.55. The molecule has 1 unspecified atom stereocenters. The van der Waals surface area contributed by atoms with Crippen LogP contribution in [-0.4, -0.2) is 17.7 Å². The number of rotatable bonds is 5. The van der Waals surface area contributed by atoms with E-state index in [1.165, 1.54) is 32.1 Å². The van der Waals surface area contributed by atoms with Crippen LogP contribution in [0.4, 0.5) is 0 Å². The first-order valence-corrected chi connectivity index (χ1v) is 6.66. The van der Waals surface area contributed by atoms with Crippen LogP contribution in [0.1, 0.15) is 43.8 Å². The van der Waals surface area contributed by atoms with Gasteiger partial charge in [-0.2, -0.15) is 0 Å². The molecule has 0 spiro atoms. The summed E-state index contributed by atoms with van der Waals surface area (Å²) in [4.78, 5) is 11.2. The smallest absolute Gasteiger partial charge is 0.337 e. The zero-order chi connectivity index (χ0) is 12.8. The zero-order valence-corrected chi connectivity index (χ0v) is 10.5. The van der Waals surface area contributed by atoms with Gasteiger partial charge in [-0.1, -0.05) is 49.6 Å². The maximum absolute atomic E-state index is 11.2. The number of carboxylic acid groups (broad SMARTS) is 1. The number of hydrogen-bond acceptors (Lipinski definition) is 2. The molecule has 1 aromatic rings. The summed E-state index contributed by atoms with van der Waals surface area (Å²) in [6.45, 7) is 0.561. The SMILES string of the molecule is O=C(O)C(OCC1CCCCC1)c1ccccc1. The lowest BCUT2D eigenvalue weighted by atomic mass is 9.90. The molecule has 0 radical (unpaired) electrons.